The second-order valence-corrected chi connectivity index (χ2v) is 5.50. The normalized spacial score (nSPS) is 26.1. The maximum atomic E-state index is 11.5. The average Bonchev–Trinajstić information content (AvgIpc) is 2.37. The molecule has 1 amide bonds. The van der Waals surface area contributed by atoms with Crippen molar-refractivity contribution in [3.63, 3.8) is 0 Å². The fourth-order valence-electron chi connectivity index (χ4n) is 1.79. The number of carbonyl (C=O) groups excluding carboxylic acids is 1. The van der Waals surface area contributed by atoms with Gasteiger partial charge in [0.05, 0.1) is 0 Å². The Morgan fingerprint density at radius 2 is 2.06 bits per heavy atom. The van der Waals surface area contributed by atoms with Crippen LogP contribution in [-0.2, 0) is 9.47 Å². The minimum Gasteiger partial charge on any atom is -0.444 e. The van der Waals surface area contributed by atoms with Gasteiger partial charge < -0.3 is 20.5 Å². The van der Waals surface area contributed by atoms with E-state index in [4.69, 9.17) is 15.2 Å². The van der Waals surface area contributed by atoms with Crippen molar-refractivity contribution in [1.82, 2.24) is 5.32 Å². The fraction of sp³-hybridized carbons (Fsp3) is 0.917. The SMILES string of the molecule is CC(C)(C)OC(=O)NC[C@@H]1CCOCC[C@H]1N. The molecule has 0 aromatic carbocycles. The summed E-state index contributed by atoms with van der Waals surface area (Å²) in [5.41, 5.74) is 5.56. The van der Waals surface area contributed by atoms with E-state index in [1.807, 2.05) is 20.8 Å². The number of hydrogen-bond acceptors (Lipinski definition) is 4. The van der Waals surface area contributed by atoms with Crippen LogP contribution >= 0.6 is 0 Å². The number of alkyl carbamates (subject to hydrolysis) is 1. The number of hydrogen-bond donors (Lipinski definition) is 2. The van der Waals surface area contributed by atoms with E-state index < -0.39 is 5.60 Å². The van der Waals surface area contributed by atoms with E-state index in [9.17, 15) is 4.79 Å². The summed E-state index contributed by atoms with van der Waals surface area (Å²) in [6.45, 7) is 7.52. The van der Waals surface area contributed by atoms with Gasteiger partial charge in [-0.2, -0.15) is 0 Å². The first-order chi connectivity index (χ1) is 7.88. The number of nitrogens with one attached hydrogen (secondary N) is 1. The van der Waals surface area contributed by atoms with Gasteiger partial charge >= 0.3 is 6.09 Å². The maximum Gasteiger partial charge on any atom is 0.407 e. The predicted molar refractivity (Wildman–Crippen MR) is 65.8 cm³/mol. The van der Waals surface area contributed by atoms with E-state index in [0.717, 1.165) is 12.8 Å². The van der Waals surface area contributed by atoms with Crippen LogP contribution in [0.1, 0.15) is 33.6 Å². The molecular weight excluding hydrogens is 220 g/mol. The standard InChI is InChI=1S/C12H24N2O3/c1-12(2,3)17-11(15)14-8-9-4-6-16-7-5-10(9)13/h9-10H,4-8,13H2,1-3H3,(H,14,15)/t9-,10+/m0/s1. The third-order valence-electron chi connectivity index (χ3n) is 2.74. The zero-order valence-electron chi connectivity index (χ0n) is 11.0. The average molecular weight is 244 g/mol. The highest BCUT2D eigenvalue weighted by atomic mass is 16.6. The summed E-state index contributed by atoms with van der Waals surface area (Å²) in [5.74, 6) is 0.269. The summed E-state index contributed by atoms with van der Waals surface area (Å²) < 4.78 is 10.5. The molecule has 3 N–H and O–H groups in total. The van der Waals surface area contributed by atoms with Crippen LogP contribution < -0.4 is 11.1 Å². The van der Waals surface area contributed by atoms with Crippen molar-refractivity contribution in [2.24, 2.45) is 11.7 Å². The van der Waals surface area contributed by atoms with E-state index in [0.29, 0.717) is 19.8 Å². The minimum absolute atomic E-state index is 0.0902. The molecule has 0 aliphatic carbocycles. The Labute approximate surface area is 103 Å². The third-order valence-corrected chi connectivity index (χ3v) is 2.74. The van der Waals surface area contributed by atoms with Crippen LogP contribution in [0.3, 0.4) is 0 Å². The molecule has 5 heteroatoms. The lowest BCUT2D eigenvalue weighted by Crippen LogP contribution is -2.41. The monoisotopic (exact) mass is 244 g/mol. The first kappa shape index (κ1) is 14.3. The molecule has 0 aromatic rings. The van der Waals surface area contributed by atoms with Gasteiger partial charge in [-0.25, -0.2) is 4.79 Å². The summed E-state index contributed by atoms with van der Waals surface area (Å²) in [7, 11) is 0. The van der Waals surface area contributed by atoms with Crippen molar-refractivity contribution in [3.8, 4) is 0 Å². The highest BCUT2D eigenvalue weighted by Gasteiger charge is 2.22. The van der Waals surface area contributed by atoms with E-state index in [1.165, 1.54) is 0 Å². The number of amides is 1. The van der Waals surface area contributed by atoms with Gasteiger partial charge in [-0.1, -0.05) is 0 Å². The molecule has 5 nitrogen and oxygen atoms in total. The summed E-state index contributed by atoms with van der Waals surface area (Å²) in [5, 5.41) is 2.77. The van der Waals surface area contributed by atoms with Crippen LogP contribution in [0.4, 0.5) is 4.79 Å². The van der Waals surface area contributed by atoms with Crippen molar-refractivity contribution < 1.29 is 14.3 Å². The summed E-state index contributed by atoms with van der Waals surface area (Å²) >= 11 is 0. The van der Waals surface area contributed by atoms with E-state index in [1.54, 1.807) is 0 Å². The maximum absolute atomic E-state index is 11.5. The Morgan fingerprint density at radius 3 is 2.71 bits per heavy atom. The highest BCUT2D eigenvalue weighted by molar-refractivity contribution is 5.67. The van der Waals surface area contributed by atoms with Crippen molar-refractivity contribution >= 4 is 6.09 Å². The lowest BCUT2D eigenvalue weighted by molar-refractivity contribution is 0.0515. The largest absolute Gasteiger partial charge is 0.444 e. The second kappa shape index (κ2) is 6.21. The lowest BCUT2D eigenvalue weighted by Gasteiger charge is -2.23. The van der Waals surface area contributed by atoms with Crippen molar-refractivity contribution in [2.75, 3.05) is 19.8 Å². The van der Waals surface area contributed by atoms with Crippen molar-refractivity contribution in [1.29, 1.82) is 0 Å². The van der Waals surface area contributed by atoms with Crippen molar-refractivity contribution in [2.45, 2.75) is 45.3 Å². The molecule has 0 bridgehead atoms. The van der Waals surface area contributed by atoms with Crippen LogP contribution in [0.2, 0.25) is 0 Å². The molecule has 1 aliphatic heterocycles. The first-order valence-corrected chi connectivity index (χ1v) is 6.18. The van der Waals surface area contributed by atoms with Gasteiger partial charge in [-0.05, 0) is 39.5 Å². The second-order valence-electron chi connectivity index (χ2n) is 5.50. The first-order valence-electron chi connectivity index (χ1n) is 6.18. The quantitative estimate of drug-likeness (QED) is 0.767. The zero-order valence-corrected chi connectivity index (χ0v) is 11.0. The van der Waals surface area contributed by atoms with E-state index in [-0.39, 0.29) is 18.1 Å². The van der Waals surface area contributed by atoms with Gasteiger partial charge in [0.25, 0.3) is 0 Å². The van der Waals surface area contributed by atoms with E-state index in [2.05, 4.69) is 5.32 Å². The highest BCUT2D eigenvalue weighted by Crippen LogP contribution is 2.14. The molecule has 0 spiro atoms. The van der Waals surface area contributed by atoms with Gasteiger partial charge in [-0.3, -0.25) is 0 Å². The van der Waals surface area contributed by atoms with Crippen LogP contribution in [0.5, 0.6) is 0 Å². The van der Waals surface area contributed by atoms with Gasteiger partial charge in [0, 0.05) is 25.8 Å². The molecule has 0 radical (unpaired) electrons. The predicted octanol–water partition coefficient (Wildman–Crippen LogP) is 1.26. The number of nitrogens with two attached hydrogens (primary N) is 1. The van der Waals surface area contributed by atoms with Crippen molar-refractivity contribution in [3.05, 3.63) is 0 Å². The number of ether oxygens (including phenoxy) is 2. The molecule has 0 saturated carbocycles. The van der Waals surface area contributed by atoms with Gasteiger partial charge in [0.2, 0.25) is 0 Å². The Balaban J connectivity index is 2.31. The Kier molecular flexibility index (Phi) is 5.21. The van der Waals surface area contributed by atoms with Gasteiger partial charge in [0.1, 0.15) is 5.60 Å². The van der Waals surface area contributed by atoms with Crippen LogP contribution in [0.25, 0.3) is 0 Å². The summed E-state index contributed by atoms with van der Waals surface area (Å²) in [4.78, 5) is 11.5. The zero-order chi connectivity index (χ0) is 12.9. The molecule has 100 valence electrons. The van der Waals surface area contributed by atoms with Crippen LogP contribution in [0, 0.1) is 5.92 Å². The molecule has 0 unspecified atom stereocenters. The Morgan fingerprint density at radius 1 is 1.41 bits per heavy atom. The van der Waals surface area contributed by atoms with Crippen LogP contribution in [0.15, 0.2) is 0 Å². The third kappa shape index (κ3) is 5.89. The molecule has 17 heavy (non-hydrogen) atoms. The lowest BCUT2D eigenvalue weighted by atomic mass is 9.96. The number of rotatable bonds is 2. The smallest absolute Gasteiger partial charge is 0.407 e. The molecule has 2 atom stereocenters. The molecule has 1 heterocycles. The Bertz CT molecular complexity index is 251. The summed E-state index contributed by atoms with van der Waals surface area (Å²) in [6, 6.07) is 0.0902. The molecule has 0 aromatic heterocycles. The molecule has 1 rings (SSSR count). The number of carbonyl (C=O) groups is 1. The molecular formula is C12H24N2O3. The topological polar surface area (TPSA) is 73.6 Å². The fourth-order valence-corrected chi connectivity index (χ4v) is 1.79. The Hall–Kier alpha value is -0.810. The van der Waals surface area contributed by atoms with E-state index >= 15 is 0 Å². The van der Waals surface area contributed by atoms with Gasteiger partial charge in [0.15, 0.2) is 0 Å². The minimum atomic E-state index is -0.460. The molecule has 1 aliphatic rings. The molecule has 1 fully saturated rings. The van der Waals surface area contributed by atoms with Gasteiger partial charge in [-0.15, -0.1) is 0 Å². The van der Waals surface area contributed by atoms with Crippen LogP contribution in [-0.4, -0.2) is 37.5 Å². The molecule has 1 saturated heterocycles. The summed E-state index contributed by atoms with van der Waals surface area (Å²) in [6.07, 6.45) is 1.35.